The molecule has 4 rings (SSSR count). The quantitative estimate of drug-likeness (QED) is 0.404. The largest absolute Gasteiger partial charge is 0.507 e. The van der Waals surface area contributed by atoms with Crippen LogP contribution < -0.4 is 9.47 Å². The Morgan fingerprint density at radius 1 is 1.19 bits per heavy atom. The van der Waals surface area contributed by atoms with Gasteiger partial charge in [-0.2, -0.15) is 0 Å². The summed E-state index contributed by atoms with van der Waals surface area (Å²) in [6.45, 7) is 3.24. The summed E-state index contributed by atoms with van der Waals surface area (Å²) in [6.07, 6.45) is 1.59. The molecular weight excluding hydrogens is 410 g/mol. The molecule has 2 fully saturated rings. The fourth-order valence-corrected chi connectivity index (χ4v) is 4.35. The van der Waals surface area contributed by atoms with Gasteiger partial charge in [0.25, 0.3) is 11.7 Å². The second-order valence-electron chi connectivity index (χ2n) is 7.79. The molecule has 1 amide bonds. The highest BCUT2D eigenvalue weighted by molar-refractivity contribution is 6.46. The number of nitrogens with zero attached hydrogens (tertiary/aromatic N) is 1. The summed E-state index contributed by atoms with van der Waals surface area (Å²) in [4.78, 5) is 27.8. The number of para-hydroxylation sites is 1. The third kappa shape index (κ3) is 4.08. The number of carbonyl (C=O) groups is 2. The number of hydrogen-bond donors (Lipinski definition) is 1. The maximum Gasteiger partial charge on any atom is 0.295 e. The van der Waals surface area contributed by atoms with Crippen molar-refractivity contribution in [3.05, 3.63) is 65.2 Å². The number of amides is 1. The third-order valence-corrected chi connectivity index (χ3v) is 5.82. The van der Waals surface area contributed by atoms with Crippen molar-refractivity contribution >= 4 is 17.4 Å². The van der Waals surface area contributed by atoms with Crippen LogP contribution in [0.1, 0.15) is 36.9 Å². The number of carbonyl (C=O) groups excluding carboxylic acids is 2. The fourth-order valence-electron chi connectivity index (χ4n) is 4.35. The van der Waals surface area contributed by atoms with E-state index < -0.39 is 17.7 Å². The lowest BCUT2D eigenvalue weighted by Gasteiger charge is -2.28. The number of likely N-dealkylation sites (tertiary alicyclic amines) is 1. The van der Waals surface area contributed by atoms with Crippen molar-refractivity contribution in [2.45, 2.75) is 31.9 Å². The number of methoxy groups -OCH3 is 1. The van der Waals surface area contributed by atoms with Crippen LogP contribution in [0.15, 0.2) is 54.1 Å². The van der Waals surface area contributed by atoms with Crippen LogP contribution in [-0.2, 0) is 14.3 Å². The first-order valence-corrected chi connectivity index (χ1v) is 10.8. The lowest BCUT2D eigenvalue weighted by Crippen LogP contribution is -2.36. The number of hydrogen-bond acceptors (Lipinski definition) is 6. The van der Waals surface area contributed by atoms with Gasteiger partial charge in [-0.05, 0) is 38.0 Å². The molecule has 2 atom stereocenters. The number of aliphatic hydroxyl groups is 1. The van der Waals surface area contributed by atoms with Crippen LogP contribution in [0.25, 0.3) is 5.76 Å². The fraction of sp³-hybridized carbons (Fsp3) is 0.360. The highest BCUT2D eigenvalue weighted by atomic mass is 16.5. The Bertz CT molecular complexity index is 1040. The Hall–Kier alpha value is -3.32. The van der Waals surface area contributed by atoms with Crippen molar-refractivity contribution in [2.75, 3.05) is 26.9 Å². The van der Waals surface area contributed by atoms with Crippen LogP contribution in [0.2, 0.25) is 0 Å². The van der Waals surface area contributed by atoms with Crippen molar-refractivity contribution in [3.8, 4) is 11.5 Å². The molecule has 0 saturated carbocycles. The molecule has 2 aliphatic heterocycles. The average Bonchev–Trinajstić information content (AvgIpc) is 3.41. The van der Waals surface area contributed by atoms with Gasteiger partial charge in [0, 0.05) is 24.3 Å². The van der Waals surface area contributed by atoms with Crippen LogP contribution in [0.4, 0.5) is 0 Å². The number of benzene rings is 2. The van der Waals surface area contributed by atoms with Crippen molar-refractivity contribution in [2.24, 2.45) is 0 Å². The van der Waals surface area contributed by atoms with E-state index in [0.717, 1.165) is 12.8 Å². The van der Waals surface area contributed by atoms with E-state index in [9.17, 15) is 14.7 Å². The first-order chi connectivity index (χ1) is 15.5. The second-order valence-corrected chi connectivity index (χ2v) is 7.79. The zero-order valence-corrected chi connectivity index (χ0v) is 18.2. The minimum absolute atomic E-state index is 0.0335. The number of ether oxygens (including phenoxy) is 3. The highest BCUT2D eigenvalue weighted by Crippen LogP contribution is 2.43. The van der Waals surface area contributed by atoms with Gasteiger partial charge in [0.15, 0.2) is 0 Å². The van der Waals surface area contributed by atoms with E-state index in [0.29, 0.717) is 35.8 Å². The number of rotatable bonds is 7. The molecule has 0 aromatic heterocycles. The number of ketones is 1. The summed E-state index contributed by atoms with van der Waals surface area (Å²) in [5.41, 5.74) is 1.08. The monoisotopic (exact) mass is 437 g/mol. The molecule has 0 aliphatic carbocycles. The van der Waals surface area contributed by atoms with Crippen molar-refractivity contribution in [1.82, 2.24) is 4.90 Å². The minimum atomic E-state index is -0.786. The summed E-state index contributed by atoms with van der Waals surface area (Å²) < 4.78 is 16.8. The molecule has 2 aliphatic rings. The molecule has 168 valence electrons. The van der Waals surface area contributed by atoms with Gasteiger partial charge < -0.3 is 24.2 Å². The Labute approximate surface area is 187 Å². The van der Waals surface area contributed by atoms with Gasteiger partial charge in [-0.3, -0.25) is 9.59 Å². The van der Waals surface area contributed by atoms with Crippen LogP contribution in [0.5, 0.6) is 11.5 Å². The Morgan fingerprint density at radius 3 is 2.72 bits per heavy atom. The summed E-state index contributed by atoms with van der Waals surface area (Å²) in [5, 5.41) is 11.2. The van der Waals surface area contributed by atoms with E-state index >= 15 is 0 Å². The molecule has 32 heavy (non-hydrogen) atoms. The van der Waals surface area contributed by atoms with Gasteiger partial charge in [0.1, 0.15) is 17.3 Å². The number of Topliss-reactive ketones (excluding diaryl/α,β-unsaturated/α-hetero) is 1. The Morgan fingerprint density at radius 2 is 2.00 bits per heavy atom. The van der Waals surface area contributed by atoms with Crippen LogP contribution in [0, 0.1) is 0 Å². The molecule has 0 bridgehead atoms. The van der Waals surface area contributed by atoms with E-state index in [1.54, 1.807) is 30.3 Å². The van der Waals surface area contributed by atoms with E-state index in [1.807, 2.05) is 25.1 Å². The molecule has 2 aromatic rings. The highest BCUT2D eigenvalue weighted by Gasteiger charge is 2.47. The summed E-state index contributed by atoms with van der Waals surface area (Å²) in [7, 11) is 1.54. The number of aliphatic hydroxyl groups excluding tert-OH is 1. The first-order valence-electron chi connectivity index (χ1n) is 10.8. The predicted octanol–water partition coefficient (Wildman–Crippen LogP) is 3.69. The van der Waals surface area contributed by atoms with Gasteiger partial charge in [-0.25, -0.2) is 0 Å². The van der Waals surface area contributed by atoms with Crippen LogP contribution in [-0.4, -0.2) is 54.7 Å². The first kappa shape index (κ1) is 21.9. The van der Waals surface area contributed by atoms with Crippen LogP contribution >= 0.6 is 0 Å². The maximum absolute atomic E-state index is 13.2. The molecule has 2 aromatic carbocycles. The smallest absolute Gasteiger partial charge is 0.295 e. The Balaban J connectivity index is 1.84. The van der Waals surface area contributed by atoms with Crippen molar-refractivity contribution < 1.29 is 28.9 Å². The van der Waals surface area contributed by atoms with E-state index in [-0.39, 0.29) is 24.0 Å². The lowest BCUT2D eigenvalue weighted by atomic mass is 9.94. The molecule has 7 nitrogen and oxygen atoms in total. The summed E-state index contributed by atoms with van der Waals surface area (Å²) >= 11 is 0. The van der Waals surface area contributed by atoms with E-state index in [2.05, 4.69) is 0 Å². The summed E-state index contributed by atoms with van der Waals surface area (Å²) in [6, 6.07) is 13.3. The SMILES string of the molecule is CCOc1cccc(/C(O)=C2/C(=O)C(=O)N(CC3CCCO3)C2c2ccccc2OC)c1. The minimum Gasteiger partial charge on any atom is -0.507 e. The van der Waals surface area contributed by atoms with Crippen molar-refractivity contribution in [3.63, 3.8) is 0 Å². The van der Waals surface area contributed by atoms with Gasteiger partial charge in [-0.15, -0.1) is 0 Å². The van der Waals surface area contributed by atoms with Crippen LogP contribution in [0.3, 0.4) is 0 Å². The van der Waals surface area contributed by atoms with Gasteiger partial charge in [0.2, 0.25) is 0 Å². The molecule has 2 unspecified atom stereocenters. The summed E-state index contributed by atoms with van der Waals surface area (Å²) in [5.74, 6) is -0.516. The molecule has 0 spiro atoms. The maximum atomic E-state index is 13.2. The molecule has 2 heterocycles. The van der Waals surface area contributed by atoms with Gasteiger partial charge >= 0.3 is 0 Å². The molecule has 1 N–H and O–H groups in total. The molecule has 2 saturated heterocycles. The van der Waals surface area contributed by atoms with Crippen molar-refractivity contribution in [1.29, 1.82) is 0 Å². The lowest BCUT2D eigenvalue weighted by molar-refractivity contribution is -0.140. The second kappa shape index (κ2) is 9.44. The standard InChI is InChI=1S/C25H27NO6/c1-3-31-17-9-6-8-16(14-17)23(27)21-22(19-11-4-5-12-20(19)30-2)26(25(29)24(21)28)15-18-10-7-13-32-18/h4-6,8-9,11-12,14,18,22,27H,3,7,10,13,15H2,1-2H3/b23-21-. The molecule has 0 radical (unpaired) electrons. The normalized spacial score (nSPS) is 22.4. The van der Waals surface area contributed by atoms with E-state index in [1.165, 1.54) is 12.0 Å². The van der Waals surface area contributed by atoms with Gasteiger partial charge in [0.05, 0.1) is 31.4 Å². The molecule has 7 heteroatoms. The third-order valence-electron chi connectivity index (χ3n) is 5.82. The Kier molecular flexibility index (Phi) is 6.46. The zero-order valence-electron chi connectivity index (χ0n) is 18.2. The average molecular weight is 437 g/mol. The topological polar surface area (TPSA) is 85.3 Å². The zero-order chi connectivity index (χ0) is 22.7. The predicted molar refractivity (Wildman–Crippen MR) is 119 cm³/mol. The van der Waals surface area contributed by atoms with Gasteiger partial charge in [-0.1, -0.05) is 30.3 Å². The van der Waals surface area contributed by atoms with E-state index in [4.69, 9.17) is 14.2 Å². The molecular formula is C25H27NO6.